The van der Waals surface area contributed by atoms with Gasteiger partial charge in [-0.1, -0.05) is 35.9 Å². The summed E-state index contributed by atoms with van der Waals surface area (Å²) in [4.78, 5) is 21.4. The lowest BCUT2D eigenvalue weighted by Crippen LogP contribution is -2.29. The summed E-state index contributed by atoms with van der Waals surface area (Å²) < 4.78 is 0. The highest BCUT2D eigenvalue weighted by Crippen LogP contribution is 2.52. The van der Waals surface area contributed by atoms with E-state index >= 15 is 0 Å². The van der Waals surface area contributed by atoms with E-state index in [9.17, 15) is 20.2 Å². The average molecular weight is 372 g/mol. The zero-order chi connectivity index (χ0) is 18.4. The molecule has 1 aliphatic carbocycles. The summed E-state index contributed by atoms with van der Waals surface area (Å²) in [5, 5.41) is 25.9. The van der Waals surface area contributed by atoms with Gasteiger partial charge < -0.3 is 5.32 Å². The SMILES string of the molecule is O=[N+]([O-])c1cccc([C@@H]2Nc3c(Cl)cc([N+](=O)[O-])cc3[C@@H]3C=CC[C@H]32)c1. The molecule has 7 nitrogen and oxygen atoms in total. The highest BCUT2D eigenvalue weighted by Gasteiger charge is 2.40. The van der Waals surface area contributed by atoms with Crippen molar-refractivity contribution >= 4 is 28.7 Å². The van der Waals surface area contributed by atoms with Gasteiger partial charge >= 0.3 is 0 Å². The van der Waals surface area contributed by atoms with E-state index in [4.69, 9.17) is 11.6 Å². The molecule has 0 bridgehead atoms. The maximum Gasteiger partial charge on any atom is 0.271 e. The number of nitro benzene ring substituents is 2. The molecular weight excluding hydrogens is 358 g/mol. The van der Waals surface area contributed by atoms with Crippen LogP contribution >= 0.6 is 11.6 Å². The smallest absolute Gasteiger partial charge is 0.271 e. The number of nitrogens with one attached hydrogen (secondary N) is 1. The predicted octanol–water partition coefficient (Wildman–Crippen LogP) is 4.98. The van der Waals surface area contributed by atoms with Crippen molar-refractivity contribution in [2.45, 2.75) is 18.4 Å². The maximum atomic E-state index is 11.2. The van der Waals surface area contributed by atoms with Crippen molar-refractivity contribution in [3.8, 4) is 0 Å². The zero-order valence-electron chi connectivity index (χ0n) is 13.5. The number of hydrogen-bond acceptors (Lipinski definition) is 5. The monoisotopic (exact) mass is 371 g/mol. The number of rotatable bonds is 3. The Morgan fingerprint density at radius 3 is 2.58 bits per heavy atom. The number of nitrogens with zero attached hydrogens (tertiary/aromatic N) is 2. The summed E-state index contributed by atoms with van der Waals surface area (Å²) in [7, 11) is 0. The van der Waals surface area contributed by atoms with Crippen LogP contribution in [0.25, 0.3) is 0 Å². The van der Waals surface area contributed by atoms with Crippen LogP contribution in [-0.4, -0.2) is 9.85 Å². The number of halogens is 1. The standard InChI is InChI=1S/C18H14ClN3O4/c19-16-9-12(22(25)26)8-15-13-5-2-6-14(13)17(20-18(15)16)10-3-1-4-11(7-10)21(23)24/h1-5,7-9,13-14,17,20H,6H2/t13-,14-,17+/m1/s1. The van der Waals surface area contributed by atoms with Gasteiger partial charge in [-0.25, -0.2) is 0 Å². The van der Waals surface area contributed by atoms with Crippen molar-refractivity contribution in [3.05, 3.63) is 84.9 Å². The van der Waals surface area contributed by atoms with Crippen molar-refractivity contribution in [1.82, 2.24) is 0 Å². The topological polar surface area (TPSA) is 98.3 Å². The van der Waals surface area contributed by atoms with Gasteiger partial charge in [-0.05, 0) is 23.5 Å². The second-order valence-electron chi connectivity index (χ2n) is 6.48. The van der Waals surface area contributed by atoms with E-state index in [-0.39, 0.29) is 34.3 Å². The number of fused-ring (bicyclic) bond motifs is 3. The van der Waals surface area contributed by atoms with E-state index in [0.717, 1.165) is 17.5 Å². The first-order valence-electron chi connectivity index (χ1n) is 8.11. The Morgan fingerprint density at radius 1 is 1.08 bits per heavy atom. The Kier molecular flexibility index (Phi) is 3.88. The molecule has 0 saturated heterocycles. The largest absolute Gasteiger partial charge is 0.376 e. The quantitative estimate of drug-likeness (QED) is 0.466. The molecule has 1 aliphatic heterocycles. The summed E-state index contributed by atoms with van der Waals surface area (Å²) in [6.45, 7) is 0. The number of non-ortho nitro benzene ring substituents is 2. The summed E-state index contributed by atoms with van der Waals surface area (Å²) in [6.07, 6.45) is 4.86. The van der Waals surface area contributed by atoms with E-state index < -0.39 is 9.85 Å². The van der Waals surface area contributed by atoms with Gasteiger partial charge in [-0.3, -0.25) is 20.2 Å². The molecule has 0 spiro atoms. The Bertz CT molecular complexity index is 959. The number of allylic oxidation sites excluding steroid dienone is 2. The van der Waals surface area contributed by atoms with Crippen LogP contribution in [0.2, 0.25) is 5.02 Å². The lowest BCUT2D eigenvalue weighted by molar-refractivity contribution is -0.385. The second kappa shape index (κ2) is 6.10. The molecule has 0 aromatic heterocycles. The van der Waals surface area contributed by atoms with Crippen molar-refractivity contribution in [3.63, 3.8) is 0 Å². The Labute approximate surface area is 153 Å². The molecule has 8 heteroatoms. The van der Waals surface area contributed by atoms with Crippen LogP contribution in [0.5, 0.6) is 0 Å². The fourth-order valence-electron chi connectivity index (χ4n) is 3.91. The van der Waals surface area contributed by atoms with Gasteiger partial charge in [-0.2, -0.15) is 0 Å². The van der Waals surface area contributed by atoms with E-state index in [1.165, 1.54) is 12.1 Å². The summed E-state index contributed by atoms with van der Waals surface area (Å²) in [5.41, 5.74) is 2.25. The molecule has 1 N–H and O–H groups in total. The highest BCUT2D eigenvalue weighted by atomic mass is 35.5. The summed E-state index contributed by atoms with van der Waals surface area (Å²) in [6, 6.07) is 9.27. The molecule has 0 radical (unpaired) electrons. The van der Waals surface area contributed by atoms with Gasteiger partial charge in [-0.15, -0.1) is 0 Å². The molecule has 4 rings (SSSR count). The molecule has 0 amide bonds. The molecule has 26 heavy (non-hydrogen) atoms. The number of benzene rings is 2. The Morgan fingerprint density at radius 2 is 1.85 bits per heavy atom. The minimum absolute atomic E-state index is 0.0205. The minimum atomic E-state index is -0.452. The van der Waals surface area contributed by atoms with Crippen LogP contribution < -0.4 is 5.32 Å². The fraction of sp³-hybridized carbons (Fsp3) is 0.222. The number of nitro groups is 2. The van der Waals surface area contributed by atoms with Crippen LogP contribution in [0, 0.1) is 26.1 Å². The molecule has 3 atom stereocenters. The zero-order valence-corrected chi connectivity index (χ0v) is 14.2. The molecule has 2 aliphatic rings. The lowest BCUT2D eigenvalue weighted by Gasteiger charge is -2.37. The molecule has 2 aromatic rings. The van der Waals surface area contributed by atoms with Crippen LogP contribution in [0.15, 0.2) is 48.6 Å². The highest BCUT2D eigenvalue weighted by molar-refractivity contribution is 6.33. The van der Waals surface area contributed by atoms with Gasteiger partial charge in [0.2, 0.25) is 0 Å². The van der Waals surface area contributed by atoms with Gasteiger partial charge in [0.15, 0.2) is 0 Å². The molecule has 132 valence electrons. The fourth-order valence-corrected chi connectivity index (χ4v) is 4.18. The Balaban J connectivity index is 1.81. The first-order valence-corrected chi connectivity index (χ1v) is 8.49. The number of anilines is 1. The van der Waals surface area contributed by atoms with E-state index in [1.807, 2.05) is 18.2 Å². The normalized spacial score (nSPS) is 23.0. The minimum Gasteiger partial charge on any atom is -0.376 e. The third-order valence-electron chi connectivity index (χ3n) is 5.06. The van der Waals surface area contributed by atoms with Gasteiger partial charge in [0.1, 0.15) is 0 Å². The molecule has 0 fully saturated rings. The van der Waals surface area contributed by atoms with Crippen molar-refractivity contribution < 1.29 is 9.85 Å². The van der Waals surface area contributed by atoms with E-state index in [0.29, 0.717) is 5.69 Å². The van der Waals surface area contributed by atoms with Crippen molar-refractivity contribution in [1.29, 1.82) is 0 Å². The van der Waals surface area contributed by atoms with E-state index in [2.05, 4.69) is 5.32 Å². The van der Waals surface area contributed by atoms with Crippen LogP contribution in [0.1, 0.15) is 29.5 Å². The van der Waals surface area contributed by atoms with Gasteiger partial charge in [0.05, 0.1) is 26.6 Å². The van der Waals surface area contributed by atoms with Crippen molar-refractivity contribution in [2.75, 3.05) is 5.32 Å². The molecule has 0 unspecified atom stereocenters. The first-order chi connectivity index (χ1) is 12.5. The lowest BCUT2D eigenvalue weighted by atomic mass is 9.77. The molecule has 2 aromatic carbocycles. The third kappa shape index (κ3) is 2.61. The van der Waals surface area contributed by atoms with Gasteiger partial charge in [0, 0.05) is 30.2 Å². The van der Waals surface area contributed by atoms with Crippen LogP contribution in [0.4, 0.5) is 17.1 Å². The predicted molar refractivity (Wildman–Crippen MR) is 97.6 cm³/mol. The molecule has 1 heterocycles. The first kappa shape index (κ1) is 16.5. The molecular formula is C18H14ClN3O4. The third-order valence-corrected chi connectivity index (χ3v) is 5.35. The summed E-state index contributed by atoms with van der Waals surface area (Å²) >= 11 is 6.32. The molecule has 0 saturated carbocycles. The van der Waals surface area contributed by atoms with Crippen molar-refractivity contribution in [2.24, 2.45) is 5.92 Å². The second-order valence-corrected chi connectivity index (χ2v) is 6.88. The van der Waals surface area contributed by atoms with E-state index in [1.54, 1.807) is 18.2 Å². The van der Waals surface area contributed by atoms with Crippen LogP contribution in [0.3, 0.4) is 0 Å². The summed E-state index contributed by atoms with van der Waals surface area (Å²) in [5.74, 6) is 0.0930. The van der Waals surface area contributed by atoms with Gasteiger partial charge in [0.25, 0.3) is 11.4 Å². The number of hydrogen-bond donors (Lipinski definition) is 1. The van der Waals surface area contributed by atoms with Crippen LogP contribution in [-0.2, 0) is 0 Å². The maximum absolute atomic E-state index is 11.2. The average Bonchev–Trinajstić information content (AvgIpc) is 3.11. The Hall–Kier alpha value is -2.93.